The highest BCUT2D eigenvalue weighted by molar-refractivity contribution is 7.90. The van der Waals surface area contributed by atoms with Gasteiger partial charge in [0.25, 0.3) is 0 Å². The molecular weight excluding hydrogens is 234 g/mol. The fraction of sp³-hybridized carbons (Fsp3) is 0.889. The Bertz CT molecular complexity index is 334. The molecule has 0 spiro atoms. The van der Waals surface area contributed by atoms with Gasteiger partial charge in [0.2, 0.25) is 10.0 Å². The SMILES string of the molecule is CC[C@H](NS(=O)(=O)C1CCOCC1)C(=O)O. The second-order valence-corrected chi connectivity index (χ2v) is 5.77. The van der Waals surface area contributed by atoms with Crippen molar-refractivity contribution in [1.29, 1.82) is 0 Å². The number of rotatable bonds is 5. The summed E-state index contributed by atoms with van der Waals surface area (Å²) in [4.78, 5) is 10.7. The number of carbonyl (C=O) groups is 1. The molecule has 7 heteroatoms. The van der Waals surface area contributed by atoms with Crippen molar-refractivity contribution in [2.24, 2.45) is 0 Å². The molecule has 1 atom stereocenters. The molecule has 0 unspecified atom stereocenters. The van der Waals surface area contributed by atoms with Gasteiger partial charge >= 0.3 is 5.97 Å². The van der Waals surface area contributed by atoms with Crippen LogP contribution in [0.25, 0.3) is 0 Å². The second-order valence-electron chi connectivity index (χ2n) is 3.77. The first-order chi connectivity index (χ1) is 7.47. The first kappa shape index (κ1) is 13.4. The Morgan fingerprint density at radius 2 is 2.06 bits per heavy atom. The monoisotopic (exact) mass is 251 g/mol. The summed E-state index contributed by atoms with van der Waals surface area (Å²) >= 11 is 0. The summed E-state index contributed by atoms with van der Waals surface area (Å²) in [6.07, 6.45) is 1.08. The molecule has 0 bridgehead atoms. The quantitative estimate of drug-likeness (QED) is 0.714. The molecule has 1 fully saturated rings. The molecule has 0 aliphatic carbocycles. The molecule has 2 N–H and O–H groups in total. The van der Waals surface area contributed by atoms with Crippen molar-refractivity contribution in [2.75, 3.05) is 13.2 Å². The number of hydrogen-bond acceptors (Lipinski definition) is 4. The summed E-state index contributed by atoms with van der Waals surface area (Å²) in [5, 5.41) is 8.25. The van der Waals surface area contributed by atoms with E-state index in [1.165, 1.54) is 0 Å². The molecule has 16 heavy (non-hydrogen) atoms. The lowest BCUT2D eigenvalue weighted by Crippen LogP contribution is -2.46. The highest BCUT2D eigenvalue weighted by Crippen LogP contribution is 2.15. The standard InChI is InChI=1S/C9H17NO5S/c1-2-8(9(11)12)10-16(13,14)7-3-5-15-6-4-7/h7-8,10H,2-6H2,1H3,(H,11,12)/t8-/m0/s1. The van der Waals surface area contributed by atoms with E-state index in [1.807, 2.05) is 0 Å². The average Bonchev–Trinajstić information content (AvgIpc) is 2.27. The molecule has 1 heterocycles. The third-order valence-corrected chi connectivity index (χ3v) is 4.58. The van der Waals surface area contributed by atoms with E-state index in [4.69, 9.17) is 9.84 Å². The third-order valence-electron chi connectivity index (χ3n) is 2.62. The van der Waals surface area contributed by atoms with Gasteiger partial charge in [0.05, 0.1) is 5.25 Å². The van der Waals surface area contributed by atoms with E-state index in [0.29, 0.717) is 26.1 Å². The Hall–Kier alpha value is -0.660. The number of ether oxygens (including phenoxy) is 1. The van der Waals surface area contributed by atoms with Crippen LogP contribution < -0.4 is 4.72 Å². The Labute approximate surface area is 95.0 Å². The largest absolute Gasteiger partial charge is 0.480 e. The third kappa shape index (κ3) is 3.43. The lowest BCUT2D eigenvalue weighted by Gasteiger charge is -2.24. The lowest BCUT2D eigenvalue weighted by molar-refractivity contribution is -0.139. The molecule has 1 aliphatic rings. The molecular formula is C9H17NO5S. The maximum absolute atomic E-state index is 11.8. The van der Waals surface area contributed by atoms with Gasteiger partial charge in [0.15, 0.2) is 0 Å². The topological polar surface area (TPSA) is 92.7 Å². The molecule has 1 aliphatic heterocycles. The molecule has 94 valence electrons. The predicted octanol–water partition coefficient (Wildman–Crippen LogP) is -0.0520. The zero-order valence-corrected chi connectivity index (χ0v) is 10.00. The van der Waals surface area contributed by atoms with Crippen molar-refractivity contribution >= 4 is 16.0 Å². The van der Waals surface area contributed by atoms with Crippen LogP contribution in [0.4, 0.5) is 0 Å². The Kier molecular flexibility index (Phi) is 4.69. The van der Waals surface area contributed by atoms with Crippen LogP contribution >= 0.6 is 0 Å². The molecule has 1 rings (SSSR count). The average molecular weight is 251 g/mol. The minimum atomic E-state index is -3.55. The van der Waals surface area contributed by atoms with Crippen LogP contribution in [0.1, 0.15) is 26.2 Å². The van der Waals surface area contributed by atoms with Gasteiger partial charge in [-0.3, -0.25) is 4.79 Å². The van der Waals surface area contributed by atoms with Gasteiger partial charge in [0, 0.05) is 13.2 Å². The minimum absolute atomic E-state index is 0.234. The summed E-state index contributed by atoms with van der Waals surface area (Å²) in [6.45, 7) is 2.45. The number of sulfonamides is 1. The van der Waals surface area contributed by atoms with E-state index in [9.17, 15) is 13.2 Å². The number of hydrogen-bond donors (Lipinski definition) is 2. The van der Waals surface area contributed by atoms with Crippen LogP contribution in [-0.4, -0.2) is 44.0 Å². The summed E-state index contributed by atoms with van der Waals surface area (Å²) in [5.41, 5.74) is 0. The van der Waals surface area contributed by atoms with Crippen LogP contribution in [0.15, 0.2) is 0 Å². The molecule has 0 aromatic carbocycles. The molecule has 0 aromatic heterocycles. The zero-order chi connectivity index (χ0) is 12.2. The van der Waals surface area contributed by atoms with Gasteiger partial charge in [-0.15, -0.1) is 0 Å². The highest BCUT2D eigenvalue weighted by atomic mass is 32.2. The first-order valence-corrected chi connectivity index (χ1v) is 6.83. The molecule has 0 radical (unpaired) electrons. The summed E-state index contributed by atoms with van der Waals surface area (Å²) in [5.74, 6) is -1.14. The Morgan fingerprint density at radius 1 is 1.50 bits per heavy atom. The van der Waals surface area contributed by atoms with Gasteiger partial charge in [-0.05, 0) is 19.3 Å². The second kappa shape index (κ2) is 5.60. The smallest absolute Gasteiger partial charge is 0.321 e. The van der Waals surface area contributed by atoms with E-state index in [1.54, 1.807) is 6.92 Å². The number of aliphatic carboxylic acids is 1. The summed E-state index contributed by atoms with van der Waals surface area (Å²) in [7, 11) is -3.55. The molecule has 6 nitrogen and oxygen atoms in total. The van der Waals surface area contributed by atoms with Gasteiger partial charge in [-0.2, -0.15) is 0 Å². The van der Waals surface area contributed by atoms with E-state index in [2.05, 4.69) is 4.72 Å². The predicted molar refractivity (Wildman–Crippen MR) is 57.6 cm³/mol. The van der Waals surface area contributed by atoms with Crippen LogP contribution in [0.5, 0.6) is 0 Å². The Morgan fingerprint density at radius 3 is 2.50 bits per heavy atom. The lowest BCUT2D eigenvalue weighted by atomic mass is 10.2. The van der Waals surface area contributed by atoms with Crippen molar-refractivity contribution in [1.82, 2.24) is 4.72 Å². The number of nitrogens with one attached hydrogen (secondary N) is 1. The molecule has 1 saturated heterocycles. The molecule has 0 amide bonds. The van der Waals surface area contributed by atoms with E-state index < -0.39 is 27.3 Å². The van der Waals surface area contributed by atoms with Crippen molar-refractivity contribution in [2.45, 2.75) is 37.5 Å². The highest BCUT2D eigenvalue weighted by Gasteiger charge is 2.31. The van der Waals surface area contributed by atoms with Crippen LogP contribution in [0.3, 0.4) is 0 Å². The fourth-order valence-electron chi connectivity index (χ4n) is 1.59. The van der Waals surface area contributed by atoms with Crippen molar-refractivity contribution in [3.05, 3.63) is 0 Å². The van der Waals surface area contributed by atoms with Gasteiger partial charge < -0.3 is 9.84 Å². The van der Waals surface area contributed by atoms with Crippen LogP contribution in [-0.2, 0) is 19.6 Å². The van der Waals surface area contributed by atoms with Crippen LogP contribution in [0.2, 0.25) is 0 Å². The maximum atomic E-state index is 11.8. The van der Waals surface area contributed by atoms with E-state index in [-0.39, 0.29) is 6.42 Å². The van der Waals surface area contributed by atoms with E-state index in [0.717, 1.165) is 0 Å². The fourth-order valence-corrected chi connectivity index (χ4v) is 3.26. The summed E-state index contributed by atoms with van der Waals surface area (Å²) < 4.78 is 31.0. The molecule has 0 aromatic rings. The number of carboxylic acids is 1. The summed E-state index contributed by atoms with van der Waals surface area (Å²) in [6, 6.07) is -1.03. The first-order valence-electron chi connectivity index (χ1n) is 5.29. The van der Waals surface area contributed by atoms with Gasteiger partial charge in [-0.1, -0.05) is 6.92 Å². The van der Waals surface area contributed by atoms with E-state index >= 15 is 0 Å². The zero-order valence-electron chi connectivity index (χ0n) is 9.18. The maximum Gasteiger partial charge on any atom is 0.321 e. The van der Waals surface area contributed by atoms with Crippen molar-refractivity contribution in [3.63, 3.8) is 0 Å². The minimum Gasteiger partial charge on any atom is -0.480 e. The Balaban J connectivity index is 2.65. The van der Waals surface area contributed by atoms with Crippen molar-refractivity contribution < 1.29 is 23.1 Å². The number of carboxylic acid groups (broad SMARTS) is 1. The van der Waals surface area contributed by atoms with Gasteiger partial charge in [0.1, 0.15) is 6.04 Å². The van der Waals surface area contributed by atoms with Crippen LogP contribution in [0, 0.1) is 0 Å². The van der Waals surface area contributed by atoms with Crippen molar-refractivity contribution in [3.8, 4) is 0 Å². The van der Waals surface area contributed by atoms with Gasteiger partial charge in [-0.25, -0.2) is 13.1 Å². The molecule has 0 saturated carbocycles. The normalized spacial score (nSPS) is 20.6.